The molecule has 0 bridgehead atoms. The first-order valence-corrected chi connectivity index (χ1v) is 11.3. The van der Waals surface area contributed by atoms with Gasteiger partial charge in [0.1, 0.15) is 11.5 Å². The topological polar surface area (TPSA) is 18.5 Å². The van der Waals surface area contributed by atoms with Gasteiger partial charge < -0.3 is 9.47 Å². The second kappa shape index (κ2) is 13.5. The van der Waals surface area contributed by atoms with Crippen LogP contribution in [0.15, 0.2) is 48.5 Å². The summed E-state index contributed by atoms with van der Waals surface area (Å²) in [5.74, 6) is 4.50. The Labute approximate surface area is 169 Å². The van der Waals surface area contributed by atoms with Gasteiger partial charge >= 0.3 is 0 Å². The lowest BCUT2D eigenvalue weighted by molar-refractivity contribution is 0.414. The number of hydrogen-bond donors (Lipinski definition) is 0. The average Bonchev–Trinajstić information content (AvgIpc) is 2.73. The molecule has 3 heteroatoms. The van der Waals surface area contributed by atoms with Crippen LogP contribution >= 0.6 is 11.8 Å². The summed E-state index contributed by atoms with van der Waals surface area (Å²) < 4.78 is 10.4. The number of unbranched alkanes of at least 4 members (excludes halogenated alkanes) is 4. The average molecular weight is 387 g/mol. The van der Waals surface area contributed by atoms with Crippen molar-refractivity contribution in [2.24, 2.45) is 0 Å². The molecule has 2 aromatic rings. The molecule has 0 amide bonds. The first-order valence-electron chi connectivity index (χ1n) is 10.2. The second-order valence-corrected chi connectivity index (χ2v) is 8.15. The van der Waals surface area contributed by atoms with Gasteiger partial charge in [0.2, 0.25) is 0 Å². The summed E-state index contributed by atoms with van der Waals surface area (Å²) in [5, 5.41) is 0. The van der Waals surface area contributed by atoms with Gasteiger partial charge in [-0.05, 0) is 85.4 Å². The summed E-state index contributed by atoms with van der Waals surface area (Å²) in [7, 11) is 3.43. The van der Waals surface area contributed by atoms with Gasteiger partial charge in [-0.15, -0.1) is 0 Å². The zero-order valence-electron chi connectivity index (χ0n) is 16.9. The molecule has 0 radical (unpaired) electrons. The van der Waals surface area contributed by atoms with Crippen LogP contribution in [0.2, 0.25) is 0 Å². The van der Waals surface area contributed by atoms with Crippen molar-refractivity contribution in [1.29, 1.82) is 0 Å². The molecule has 0 aromatic heterocycles. The van der Waals surface area contributed by atoms with E-state index in [4.69, 9.17) is 9.47 Å². The zero-order valence-corrected chi connectivity index (χ0v) is 17.7. The molecule has 148 valence electrons. The molecule has 0 atom stereocenters. The maximum atomic E-state index is 5.20. The van der Waals surface area contributed by atoms with E-state index >= 15 is 0 Å². The van der Waals surface area contributed by atoms with E-state index in [1.54, 1.807) is 14.2 Å². The van der Waals surface area contributed by atoms with Crippen molar-refractivity contribution in [2.75, 3.05) is 25.7 Å². The van der Waals surface area contributed by atoms with E-state index in [0.29, 0.717) is 0 Å². The van der Waals surface area contributed by atoms with Crippen molar-refractivity contribution >= 4 is 11.8 Å². The Morgan fingerprint density at radius 2 is 0.963 bits per heavy atom. The minimum Gasteiger partial charge on any atom is -0.497 e. The Morgan fingerprint density at radius 3 is 1.33 bits per heavy atom. The molecule has 2 rings (SSSR count). The first kappa shape index (κ1) is 21.7. The Bertz CT molecular complexity index is 552. The summed E-state index contributed by atoms with van der Waals surface area (Å²) in [6.07, 6.45) is 10.3. The van der Waals surface area contributed by atoms with Gasteiger partial charge in [0, 0.05) is 0 Å². The Morgan fingerprint density at radius 1 is 0.556 bits per heavy atom. The number of thioether (sulfide) groups is 1. The molecule has 0 aliphatic carbocycles. The Balaban J connectivity index is 1.39. The molecule has 0 saturated heterocycles. The summed E-state index contributed by atoms with van der Waals surface area (Å²) in [4.78, 5) is 0. The fourth-order valence-corrected chi connectivity index (χ4v) is 4.13. The van der Waals surface area contributed by atoms with E-state index in [1.807, 2.05) is 0 Å². The Hall–Kier alpha value is -1.61. The highest BCUT2D eigenvalue weighted by Gasteiger charge is 1.98. The van der Waals surface area contributed by atoms with Crippen LogP contribution in [0.5, 0.6) is 11.5 Å². The van der Waals surface area contributed by atoms with Gasteiger partial charge in [-0.2, -0.15) is 11.8 Å². The first-order chi connectivity index (χ1) is 13.3. The molecule has 0 saturated carbocycles. The quantitative estimate of drug-likeness (QED) is 0.342. The third kappa shape index (κ3) is 9.23. The van der Waals surface area contributed by atoms with Crippen molar-refractivity contribution in [3.63, 3.8) is 0 Å². The van der Waals surface area contributed by atoms with E-state index in [0.717, 1.165) is 11.5 Å². The number of ether oxygens (including phenoxy) is 2. The van der Waals surface area contributed by atoms with Gasteiger partial charge in [-0.3, -0.25) is 0 Å². The van der Waals surface area contributed by atoms with Crippen LogP contribution in [0.1, 0.15) is 49.7 Å². The standard InChI is InChI=1S/C24H34O2S/c1-25-23-15-11-21(12-16-23)9-5-3-7-19-27-20-8-4-6-10-22-13-17-24(26-2)18-14-22/h11-18H,3-10,19-20H2,1-2H3. The van der Waals surface area contributed by atoms with Gasteiger partial charge in [0.25, 0.3) is 0 Å². The van der Waals surface area contributed by atoms with Crippen molar-refractivity contribution in [1.82, 2.24) is 0 Å². The van der Waals surface area contributed by atoms with E-state index in [1.165, 1.54) is 74.0 Å². The van der Waals surface area contributed by atoms with Crippen molar-refractivity contribution in [3.8, 4) is 11.5 Å². The fourth-order valence-electron chi connectivity index (χ4n) is 3.11. The maximum absolute atomic E-state index is 5.20. The number of aryl methyl sites for hydroxylation is 2. The summed E-state index contributed by atoms with van der Waals surface area (Å²) in [6, 6.07) is 16.9. The van der Waals surface area contributed by atoms with E-state index in [2.05, 4.69) is 60.3 Å². The molecule has 2 nitrogen and oxygen atoms in total. The SMILES string of the molecule is COc1ccc(CCCCCSCCCCCc2ccc(OC)cc2)cc1. The molecule has 0 N–H and O–H groups in total. The van der Waals surface area contributed by atoms with Gasteiger partial charge in [0.05, 0.1) is 14.2 Å². The molecule has 0 aliphatic heterocycles. The van der Waals surface area contributed by atoms with E-state index < -0.39 is 0 Å². The maximum Gasteiger partial charge on any atom is 0.118 e. The molecular weight excluding hydrogens is 352 g/mol. The molecule has 27 heavy (non-hydrogen) atoms. The lowest BCUT2D eigenvalue weighted by atomic mass is 10.1. The number of hydrogen-bond acceptors (Lipinski definition) is 3. The second-order valence-electron chi connectivity index (χ2n) is 6.93. The van der Waals surface area contributed by atoms with Gasteiger partial charge in [-0.1, -0.05) is 37.1 Å². The molecule has 0 unspecified atom stereocenters. The van der Waals surface area contributed by atoms with E-state index in [9.17, 15) is 0 Å². The highest BCUT2D eigenvalue weighted by atomic mass is 32.2. The lowest BCUT2D eigenvalue weighted by Gasteiger charge is -2.05. The zero-order chi connectivity index (χ0) is 19.2. The Kier molecular flexibility index (Phi) is 10.9. The normalized spacial score (nSPS) is 10.7. The predicted octanol–water partition coefficient (Wildman–Crippen LogP) is 6.56. The molecule has 2 aromatic carbocycles. The molecule has 0 spiro atoms. The van der Waals surface area contributed by atoms with Crippen LogP contribution in [0, 0.1) is 0 Å². The van der Waals surface area contributed by atoms with Crippen molar-refractivity contribution in [3.05, 3.63) is 59.7 Å². The summed E-state index contributed by atoms with van der Waals surface area (Å²) >= 11 is 2.12. The monoisotopic (exact) mass is 386 g/mol. The van der Waals surface area contributed by atoms with Crippen LogP contribution in [-0.4, -0.2) is 25.7 Å². The third-order valence-electron chi connectivity index (χ3n) is 4.83. The van der Waals surface area contributed by atoms with Crippen LogP contribution < -0.4 is 9.47 Å². The van der Waals surface area contributed by atoms with Crippen molar-refractivity contribution < 1.29 is 9.47 Å². The highest BCUT2D eigenvalue weighted by Crippen LogP contribution is 2.16. The van der Waals surface area contributed by atoms with Crippen LogP contribution in [0.25, 0.3) is 0 Å². The van der Waals surface area contributed by atoms with Crippen LogP contribution in [-0.2, 0) is 12.8 Å². The van der Waals surface area contributed by atoms with Gasteiger partial charge in [0.15, 0.2) is 0 Å². The highest BCUT2D eigenvalue weighted by molar-refractivity contribution is 7.99. The van der Waals surface area contributed by atoms with E-state index in [-0.39, 0.29) is 0 Å². The number of rotatable bonds is 14. The lowest BCUT2D eigenvalue weighted by Crippen LogP contribution is -1.90. The number of methoxy groups -OCH3 is 2. The predicted molar refractivity (Wildman–Crippen MR) is 118 cm³/mol. The fraction of sp³-hybridized carbons (Fsp3) is 0.500. The smallest absolute Gasteiger partial charge is 0.118 e. The molecule has 0 heterocycles. The molecule has 0 aliphatic rings. The molecular formula is C24H34O2S. The number of benzene rings is 2. The summed E-state index contributed by atoms with van der Waals surface area (Å²) in [6.45, 7) is 0. The van der Waals surface area contributed by atoms with Crippen LogP contribution in [0.4, 0.5) is 0 Å². The van der Waals surface area contributed by atoms with Gasteiger partial charge in [-0.25, -0.2) is 0 Å². The molecule has 0 fully saturated rings. The van der Waals surface area contributed by atoms with Crippen molar-refractivity contribution in [2.45, 2.75) is 51.4 Å². The summed E-state index contributed by atoms with van der Waals surface area (Å²) in [5.41, 5.74) is 2.83. The third-order valence-corrected chi connectivity index (χ3v) is 5.98. The minimum absolute atomic E-state index is 0.944. The minimum atomic E-state index is 0.944. The largest absolute Gasteiger partial charge is 0.497 e. The van der Waals surface area contributed by atoms with Crippen LogP contribution in [0.3, 0.4) is 0 Å².